The number of hydrogen-bond acceptors (Lipinski definition) is 3. The third kappa shape index (κ3) is 4.41. The topological polar surface area (TPSA) is 39.1 Å². The van der Waals surface area contributed by atoms with E-state index in [-0.39, 0.29) is 5.56 Å². The Labute approximate surface area is 102 Å². The van der Waals surface area contributed by atoms with Gasteiger partial charge in [0.2, 0.25) is 0 Å². The largest absolute Gasteiger partial charge is 0.384 e. The fourth-order valence-electron chi connectivity index (χ4n) is 1.56. The molecular weight excluding hydrogens is 217 g/mol. The number of hydrogen-bond donors (Lipinski definition) is 1. The molecule has 0 spiro atoms. The molecule has 0 heterocycles. The van der Waals surface area contributed by atoms with Crippen LogP contribution in [0.4, 0.5) is 10.1 Å². The van der Waals surface area contributed by atoms with Crippen molar-refractivity contribution in [1.82, 2.24) is 4.90 Å². The standard InChI is InChI=1S/C13H18FN3/c1-17(2)9-4-3-8-16-13-7-5-6-12(14)11(13)10-15/h5-7,16H,3-4,8-9H2,1-2H3. The van der Waals surface area contributed by atoms with Gasteiger partial charge in [0.15, 0.2) is 0 Å². The van der Waals surface area contributed by atoms with Gasteiger partial charge in [-0.1, -0.05) is 6.07 Å². The molecule has 0 aliphatic rings. The van der Waals surface area contributed by atoms with Crippen LogP contribution in [0.5, 0.6) is 0 Å². The summed E-state index contributed by atoms with van der Waals surface area (Å²) in [5.41, 5.74) is 0.678. The van der Waals surface area contributed by atoms with Crippen LogP contribution in [0.1, 0.15) is 18.4 Å². The predicted molar refractivity (Wildman–Crippen MR) is 67.4 cm³/mol. The second kappa shape index (κ2) is 6.87. The van der Waals surface area contributed by atoms with Crippen molar-refractivity contribution >= 4 is 5.69 Å². The fraction of sp³-hybridized carbons (Fsp3) is 0.462. The van der Waals surface area contributed by atoms with E-state index in [1.807, 2.05) is 20.2 Å². The molecule has 0 aromatic heterocycles. The summed E-state index contributed by atoms with van der Waals surface area (Å²) in [5.74, 6) is -0.467. The summed E-state index contributed by atoms with van der Waals surface area (Å²) in [7, 11) is 4.07. The summed E-state index contributed by atoms with van der Waals surface area (Å²) >= 11 is 0. The van der Waals surface area contributed by atoms with Gasteiger partial charge in [0.25, 0.3) is 0 Å². The summed E-state index contributed by atoms with van der Waals surface area (Å²) in [6.07, 6.45) is 2.08. The number of unbranched alkanes of at least 4 members (excludes halogenated alkanes) is 1. The monoisotopic (exact) mass is 235 g/mol. The Morgan fingerprint density at radius 1 is 1.35 bits per heavy atom. The van der Waals surface area contributed by atoms with Gasteiger partial charge in [0.1, 0.15) is 17.4 Å². The minimum Gasteiger partial charge on any atom is -0.384 e. The number of nitriles is 1. The van der Waals surface area contributed by atoms with Gasteiger partial charge in [0.05, 0.1) is 5.69 Å². The number of benzene rings is 1. The number of nitrogens with zero attached hydrogens (tertiary/aromatic N) is 2. The van der Waals surface area contributed by atoms with Crippen LogP contribution < -0.4 is 5.32 Å². The Morgan fingerprint density at radius 3 is 2.76 bits per heavy atom. The lowest BCUT2D eigenvalue weighted by molar-refractivity contribution is 0.396. The Balaban J connectivity index is 2.42. The normalized spacial score (nSPS) is 10.3. The quantitative estimate of drug-likeness (QED) is 0.770. The molecule has 0 amide bonds. The first-order valence-corrected chi connectivity index (χ1v) is 5.72. The van der Waals surface area contributed by atoms with E-state index in [1.165, 1.54) is 6.07 Å². The maximum Gasteiger partial charge on any atom is 0.143 e. The molecule has 0 saturated heterocycles. The second-order valence-electron chi connectivity index (χ2n) is 4.21. The van der Waals surface area contributed by atoms with E-state index in [2.05, 4.69) is 10.2 Å². The van der Waals surface area contributed by atoms with Crippen molar-refractivity contribution < 1.29 is 4.39 Å². The molecular formula is C13H18FN3. The van der Waals surface area contributed by atoms with Gasteiger partial charge in [-0.2, -0.15) is 5.26 Å². The van der Waals surface area contributed by atoms with Crippen molar-refractivity contribution in [2.24, 2.45) is 0 Å². The highest BCUT2D eigenvalue weighted by Crippen LogP contribution is 2.17. The van der Waals surface area contributed by atoms with Crippen molar-refractivity contribution in [3.8, 4) is 6.07 Å². The van der Waals surface area contributed by atoms with Gasteiger partial charge in [-0.15, -0.1) is 0 Å². The smallest absolute Gasteiger partial charge is 0.143 e. The summed E-state index contributed by atoms with van der Waals surface area (Å²) < 4.78 is 13.3. The van der Waals surface area contributed by atoms with Crippen LogP contribution in [0.3, 0.4) is 0 Å². The van der Waals surface area contributed by atoms with E-state index in [0.29, 0.717) is 5.69 Å². The number of anilines is 1. The second-order valence-corrected chi connectivity index (χ2v) is 4.21. The summed E-state index contributed by atoms with van der Waals surface area (Å²) in [6.45, 7) is 1.79. The van der Waals surface area contributed by atoms with Crippen LogP contribution in [0, 0.1) is 17.1 Å². The van der Waals surface area contributed by atoms with Crippen molar-refractivity contribution in [2.75, 3.05) is 32.5 Å². The van der Waals surface area contributed by atoms with Crippen molar-refractivity contribution in [3.05, 3.63) is 29.6 Å². The molecule has 0 unspecified atom stereocenters. The highest BCUT2D eigenvalue weighted by atomic mass is 19.1. The van der Waals surface area contributed by atoms with Gasteiger partial charge in [-0.05, 0) is 45.6 Å². The molecule has 3 nitrogen and oxygen atoms in total. The first-order chi connectivity index (χ1) is 8.15. The molecule has 17 heavy (non-hydrogen) atoms. The molecule has 0 saturated carbocycles. The van der Waals surface area contributed by atoms with Gasteiger partial charge in [0, 0.05) is 6.54 Å². The van der Waals surface area contributed by atoms with Crippen LogP contribution >= 0.6 is 0 Å². The number of nitrogens with one attached hydrogen (secondary N) is 1. The molecule has 0 atom stereocenters. The zero-order valence-corrected chi connectivity index (χ0v) is 10.3. The predicted octanol–water partition coefficient (Wildman–Crippen LogP) is 2.45. The molecule has 1 aromatic rings. The summed E-state index contributed by atoms with van der Waals surface area (Å²) in [6, 6.07) is 6.52. The van der Waals surface area contributed by atoms with Gasteiger partial charge in [-0.3, -0.25) is 0 Å². The zero-order chi connectivity index (χ0) is 12.7. The summed E-state index contributed by atoms with van der Waals surface area (Å²) in [4.78, 5) is 2.13. The molecule has 0 fully saturated rings. The highest BCUT2D eigenvalue weighted by molar-refractivity contribution is 5.57. The Kier molecular flexibility index (Phi) is 5.44. The molecule has 4 heteroatoms. The molecule has 0 aliphatic carbocycles. The average Bonchev–Trinajstić information content (AvgIpc) is 2.28. The maximum atomic E-state index is 13.3. The van der Waals surface area contributed by atoms with E-state index in [1.54, 1.807) is 12.1 Å². The molecule has 92 valence electrons. The van der Waals surface area contributed by atoms with E-state index in [9.17, 15) is 4.39 Å². The van der Waals surface area contributed by atoms with E-state index < -0.39 is 5.82 Å². The zero-order valence-electron chi connectivity index (χ0n) is 10.3. The van der Waals surface area contributed by atoms with E-state index in [0.717, 1.165) is 25.9 Å². The molecule has 1 N–H and O–H groups in total. The minimum absolute atomic E-state index is 0.0973. The maximum absolute atomic E-state index is 13.3. The minimum atomic E-state index is -0.467. The highest BCUT2D eigenvalue weighted by Gasteiger charge is 2.06. The van der Waals surface area contributed by atoms with Crippen LogP contribution in [-0.2, 0) is 0 Å². The van der Waals surface area contributed by atoms with Gasteiger partial charge < -0.3 is 10.2 Å². The number of rotatable bonds is 6. The molecule has 0 bridgehead atoms. The summed E-state index contributed by atoms with van der Waals surface area (Å²) in [5, 5.41) is 11.9. The van der Waals surface area contributed by atoms with E-state index in [4.69, 9.17) is 5.26 Å². The lowest BCUT2D eigenvalue weighted by Crippen LogP contribution is -2.14. The lowest BCUT2D eigenvalue weighted by Gasteiger charge is -2.11. The molecule has 0 aliphatic heterocycles. The van der Waals surface area contributed by atoms with E-state index >= 15 is 0 Å². The Morgan fingerprint density at radius 2 is 2.12 bits per heavy atom. The van der Waals surface area contributed by atoms with Gasteiger partial charge >= 0.3 is 0 Å². The molecule has 1 aromatic carbocycles. The Bertz CT molecular complexity index is 396. The van der Waals surface area contributed by atoms with Gasteiger partial charge in [-0.25, -0.2) is 4.39 Å². The third-order valence-electron chi connectivity index (χ3n) is 2.47. The van der Waals surface area contributed by atoms with Crippen LogP contribution in [0.15, 0.2) is 18.2 Å². The first kappa shape index (κ1) is 13.5. The SMILES string of the molecule is CN(C)CCCCNc1cccc(F)c1C#N. The van der Waals surface area contributed by atoms with Crippen LogP contribution in [-0.4, -0.2) is 32.1 Å². The lowest BCUT2D eigenvalue weighted by atomic mass is 10.2. The van der Waals surface area contributed by atoms with Crippen LogP contribution in [0.25, 0.3) is 0 Å². The first-order valence-electron chi connectivity index (χ1n) is 5.72. The van der Waals surface area contributed by atoms with Crippen molar-refractivity contribution in [2.45, 2.75) is 12.8 Å². The molecule has 0 radical (unpaired) electrons. The number of halogens is 1. The average molecular weight is 235 g/mol. The van der Waals surface area contributed by atoms with Crippen molar-refractivity contribution in [1.29, 1.82) is 5.26 Å². The van der Waals surface area contributed by atoms with Crippen LogP contribution in [0.2, 0.25) is 0 Å². The molecule has 1 rings (SSSR count). The third-order valence-corrected chi connectivity index (χ3v) is 2.47. The van der Waals surface area contributed by atoms with Crippen molar-refractivity contribution in [3.63, 3.8) is 0 Å². The fourth-order valence-corrected chi connectivity index (χ4v) is 1.56. The Hall–Kier alpha value is -1.60.